The molecule has 0 radical (unpaired) electrons. The van der Waals surface area contributed by atoms with Crippen LogP contribution in [-0.2, 0) is 0 Å². The van der Waals surface area contributed by atoms with Gasteiger partial charge in [0.1, 0.15) is 5.52 Å². The van der Waals surface area contributed by atoms with Gasteiger partial charge in [-0.05, 0) is 51.0 Å². The van der Waals surface area contributed by atoms with Gasteiger partial charge in [0.05, 0.1) is 5.69 Å². The van der Waals surface area contributed by atoms with Crippen LogP contribution in [0.2, 0.25) is 0 Å². The van der Waals surface area contributed by atoms with Crippen molar-refractivity contribution < 1.29 is 0 Å². The number of piperazine rings is 1. The van der Waals surface area contributed by atoms with Gasteiger partial charge in [-0.1, -0.05) is 41.5 Å². The van der Waals surface area contributed by atoms with Crippen LogP contribution in [0.5, 0.6) is 0 Å². The largest absolute Gasteiger partial charge is 0.368 e. The van der Waals surface area contributed by atoms with Crippen LogP contribution >= 0.6 is 0 Å². The van der Waals surface area contributed by atoms with Crippen molar-refractivity contribution >= 4 is 17.0 Å². The molecule has 5 nitrogen and oxygen atoms in total. The molecule has 0 bridgehead atoms. The van der Waals surface area contributed by atoms with E-state index in [9.17, 15) is 0 Å². The zero-order valence-electron chi connectivity index (χ0n) is 18.8. The standard InChI is InChI=1S/C26H29N5/c1-18-5-7-22(20(3)15-18)23-17-25-26(27-9-10-31(25)28-23)30-13-11-29(12-14-30)24-8-6-19(2)16-21(24)4/h5-10,15-17H,11-14H2,1-4H3. The highest BCUT2D eigenvalue weighted by Crippen LogP contribution is 2.29. The zero-order valence-corrected chi connectivity index (χ0v) is 18.8. The summed E-state index contributed by atoms with van der Waals surface area (Å²) in [5, 5.41) is 4.85. The van der Waals surface area contributed by atoms with Gasteiger partial charge in [-0.2, -0.15) is 5.10 Å². The Bertz CT molecular complexity index is 1250. The van der Waals surface area contributed by atoms with E-state index in [1.54, 1.807) is 0 Å². The Labute approximate surface area is 184 Å². The van der Waals surface area contributed by atoms with E-state index in [-0.39, 0.29) is 0 Å². The molecule has 1 saturated heterocycles. The minimum absolute atomic E-state index is 0.948. The van der Waals surface area contributed by atoms with E-state index in [1.165, 1.54) is 33.5 Å². The number of nitrogens with zero attached hydrogens (tertiary/aromatic N) is 5. The van der Waals surface area contributed by atoms with Gasteiger partial charge < -0.3 is 9.80 Å². The lowest BCUT2D eigenvalue weighted by molar-refractivity contribution is 0.646. The molecular formula is C26H29N5. The maximum absolute atomic E-state index is 4.85. The highest BCUT2D eigenvalue weighted by atomic mass is 15.3. The Morgan fingerprint density at radius 3 is 2.13 bits per heavy atom. The van der Waals surface area contributed by atoms with Crippen LogP contribution in [-0.4, -0.2) is 40.8 Å². The molecule has 0 aliphatic carbocycles. The molecule has 2 aromatic carbocycles. The van der Waals surface area contributed by atoms with Crippen molar-refractivity contribution in [2.75, 3.05) is 36.0 Å². The molecule has 5 rings (SSSR count). The molecule has 1 fully saturated rings. The quantitative estimate of drug-likeness (QED) is 0.478. The topological polar surface area (TPSA) is 36.7 Å². The molecule has 31 heavy (non-hydrogen) atoms. The highest BCUT2D eigenvalue weighted by molar-refractivity contribution is 5.76. The number of rotatable bonds is 3. The van der Waals surface area contributed by atoms with Crippen LogP contribution < -0.4 is 9.80 Å². The molecule has 5 heteroatoms. The second kappa shape index (κ2) is 7.73. The summed E-state index contributed by atoms with van der Waals surface area (Å²) in [7, 11) is 0. The Hall–Kier alpha value is -3.34. The monoisotopic (exact) mass is 411 g/mol. The second-order valence-corrected chi connectivity index (χ2v) is 8.69. The SMILES string of the molecule is Cc1ccc(-c2cc3c(N4CCN(c5ccc(C)cc5C)CC4)nccn3n2)c(C)c1. The Morgan fingerprint density at radius 1 is 0.742 bits per heavy atom. The average molecular weight is 412 g/mol. The maximum atomic E-state index is 4.85. The smallest absolute Gasteiger partial charge is 0.154 e. The zero-order chi connectivity index (χ0) is 21.5. The molecule has 4 aromatic rings. The van der Waals surface area contributed by atoms with Crippen LogP contribution in [0, 0.1) is 27.7 Å². The Kier molecular flexibility index (Phi) is 4.89. The van der Waals surface area contributed by atoms with Gasteiger partial charge in [0.25, 0.3) is 0 Å². The van der Waals surface area contributed by atoms with E-state index in [0.717, 1.165) is 43.2 Å². The van der Waals surface area contributed by atoms with Crippen LogP contribution in [0.15, 0.2) is 54.9 Å². The number of hydrogen-bond donors (Lipinski definition) is 0. The molecule has 0 amide bonds. The summed E-state index contributed by atoms with van der Waals surface area (Å²) in [6.07, 6.45) is 3.80. The van der Waals surface area contributed by atoms with Crippen LogP contribution in [0.3, 0.4) is 0 Å². The Balaban J connectivity index is 1.41. The molecule has 0 spiro atoms. The normalized spacial score (nSPS) is 14.5. The third-order valence-electron chi connectivity index (χ3n) is 6.30. The van der Waals surface area contributed by atoms with Crippen molar-refractivity contribution in [3.63, 3.8) is 0 Å². The van der Waals surface area contributed by atoms with E-state index in [1.807, 2.05) is 16.9 Å². The molecular weight excluding hydrogens is 382 g/mol. The average Bonchev–Trinajstić information content (AvgIpc) is 3.18. The molecule has 0 unspecified atom stereocenters. The maximum Gasteiger partial charge on any atom is 0.154 e. The van der Waals surface area contributed by atoms with Crippen molar-refractivity contribution in [2.45, 2.75) is 27.7 Å². The molecule has 0 saturated carbocycles. The van der Waals surface area contributed by atoms with E-state index >= 15 is 0 Å². The van der Waals surface area contributed by atoms with Gasteiger partial charge in [-0.3, -0.25) is 0 Å². The molecule has 158 valence electrons. The molecule has 3 heterocycles. The molecule has 2 aromatic heterocycles. The molecule has 1 aliphatic heterocycles. The first kappa shape index (κ1) is 19.6. The molecule has 0 N–H and O–H groups in total. The lowest BCUT2D eigenvalue weighted by Gasteiger charge is -2.37. The summed E-state index contributed by atoms with van der Waals surface area (Å²) in [4.78, 5) is 9.63. The van der Waals surface area contributed by atoms with E-state index < -0.39 is 0 Å². The Morgan fingerprint density at radius 2 is 1.42 bits per heavy atom. The fourth-order valence-electron chi connectivity index (χ4n) is 4.70. The summed E-state index contributed by atoms with van der Waals surface area (Å²) < 4.78 is 1.97. The molecule has 0 atom stereocenters. The van der Waals surface area contributed by atoms with Gasteiger partial charge in [0.15, 0.2) is 5.82 Å². The number of aromatic nitrogens is 3. The van der Waals surface area contributed by atoms with Gasteiger partial charge in [0, 0.05) is 49.8 Å². The summed E-state index contributed by atoms with van der Waals surface area (Å²) >= 11 is 0. The minimum atomic E-state index is 0.948. The van der Waals surface area contributed by atoms with E-state index in [0.29, 0.717) is 0 Å². The minimum Gasteiger partial charge on any atom is -0.368 e. The van der Waals surface area contributed by atoms with Crippen LogP contribution in [0.25, 0.3) is 16.8 Å². The first-order chi connectivity index (χ1) is 15.0. The number of hydrogen-bond acceptors (Lipinski definition) is 4. The van der Waals surface area contributed by atoms with Crippen molar-refractivity contribution in [3.8, 4) is 11.3 Å². The summed E-state index contributed by atoms with van der Waals surface area (Å²) in [5.41, 5.74) is 9.78. The first-order valence-electron chi connectivity index (χ1n) is 11.0. The third-order valence-corrected chi connectivity index (χ3v) is 6.30. The number of anilines is 2. The summed E-state index contributed by atoms with van der Waals surface area (Å²) in [6, 6.07) is 15.4. The van der Waals surface area contributed by atoms with E-state index in [2.05, 4.69) is 80.0 Å². The number of benzene rings is 2. The lowest BCUT2D eigenvalue weighted by Crippen LogP contribution is -2.47. The molecule has 1 aliphatic rings. The lowest BCUT2D eigenvalue weighted by atomic mass is 10.0. The van der Waals surface area contributed by atoms with Crippen LogP contribution in [0.1, 0.15) is 22.3 Å². The summed E-state index contributed by atoms with van der Waals surface area (Å²) in [6.45, 7) is 12.5. The number of fused-ring (bicyclic) bond motifs is 1. The van der Waals surface area contributed by atoms with E-state index in [4.69, 9.17) is 10.1 Å². The van der Waals surface area contributed by atoms with Crippen molar-refractivity contribution in [2.24, 2.45) is 0 Å². The number of aryl methyl sites for hydroxylation is 4. The van der Waals surface area contributed by atoms with Crippen molar-refractivity contribution in [1.29, 1.82) is 0 Å². The second-order valence-electron chi connectivity index (χ2n) is 8.69. The third kappa shape index (κ3) is 3.65. The van der Waals surface area contributed by atoms with Gasteiger partial charge in [-0.25, -0.2) is 9.50 Å². The first-order valence-corrected chi connectivity index (χ1v) is 11.0. The predicted molar refractivity (Wildman–Crippen MR) is 128 cm³/mol. The van der Waals surface area contributed by atoms with Crippen molar-refractivity contribution in [3.05, 3.63) is 77.1 Å². The van der Waals surface area contributed by atoms with Gasteiger partial charge >= 0.3 is 0 Å². The highest BCUT2D eigenvalue weighted by Gasteiger charge is 2.22. The van der Waals surface area contributed by atoms with Crippen molar-refractivity contribution in [1.82, 2.24) is 14.6 Å². The summed E-state index contributed by atoms with van der Waals surface area (Å²) in [5.74, 6) is 1.02. The fourth-order valence-corrected chi connectivity index (χ4v) is 4.70. The fraction of sp³-hybridized carbons (Fsp3) is 0.308. The predicted octanol–water partition coefficient (Wildman–Crippen LogP) is 4.96. The van der Waals surface area contributed by atoms with Gasteiger partial charge in [0.2, 0.25) is 0 Å². The van der Waals surface area contributed by atoms with Crippen LogP contribution in [0.4, 0.5) is 11.5 Å². The van der Waals surface area contributed by atoms with Gasteiger partial charge in [-0.15, -0.1) is 0 Å².